The highest BCUT2D eigenvalue weighted by Crippen LogP contribution is 2.19. The summed E-state index contributed by atoms with van der Waals surface area (Å²) in [5.74, 6) is -0.421. The van der Waals surface area contributed by atoms with Crippen LogP contribution < -0.4 is 10.0 Å². The number of para-hydroxylation sites is 1. The molecule has 0 aliphatic carbocycles. The Morgan fingerprint density at radius 3 is 2.24 bits per heavy atom. The van der Waals surface area contributed by atoms with E-state index in [0.717, 1.165) is 10.8 Å². The molecule has 0 saturated carbocycles. The third kappa shape index (κ3) is 4.04. The number of benzene rings is 3. The fourth-order valence-corrected chi connectivity index (χ4v) is 3.70. The largest absolute Gasteiger partial charge is 0.325 e. The first-order chi connectivity index (χ1) is 12.0. The van der Waals surface area contributed by atoms with Gasteiger partial charge in [-0.2, -0.15) is 4.72 Å². The topological polar surface area (TPSA) is 75.3 Å². The van der Waals surface area contributed by atoms with Crippen LogP contribution in [0.1, 0.15) is 6.92 Å². The predicted molar refractivity (Wildman–Crippen MR) is 98.8 cm³/mol. The van der Waals surface area contributed by atoms with Crippen LogP contribution in [0.4, 0.5) is 5.69 Å². The highest BCUT2D eigenvalue weighted by Gasteiger charge is 2.22. The maximum absolute atomic E-state index is 12.6. The summed E-state index contributed by atoms with van der Waals surface area (Å²) >= 11 is 0. The molecule has 3 aromatic rings. The van der Waals surface area contributed by atoms with E-state index >= 15 is 0 Å². The van der Waals surface area contributed by atoms with Gasteiger partial charge in [-0.25, -0.2) is 8.42 Å². The molecule has 1 atom stereocenters. The minimum absolute atomic E-state index is 0.130. The van der Waals surface area contributed by atoms with Gasteiger partial charge in [0.1, 0.15) is 0 Å². The molecular weight excluding hydrogens is 336 g/mol. The van der Waals surface area contributed by atoms with Gasteiger partial charge in [0.25, 0.3) is 0 Å². The van der Waals surface area contributed by atoms with Gasteiger partial charge in [0.05, 0.1) is 10.9 Å². The normalized spacial score (nSPS) is 12.7. The van der Waals surface area contributed by atoms with E-state index in [1.54, 1.807) is 36.4 Å². The highest BCUT2D eigenvalue weighted by atomic mass is 32.2. The Labute approximate surface area is 146 Å². The number of hydrogen-bond acceptors (Lipinski definition) is 3. The van der Waals surface area contributed by atoms with Crippen LogP contribution in [0.3, 0.4) is 0 Å². The first-order valence-electron chi connectivity index (χ1n) is 7.83. The molecule has 0 heterocycles. The molecule has 0 aliphatic rings. The minimum atomic E-state index is -3.80. The molecule has 3 aromatic carbocycles. The third-order valence-electron chi connectivity index (χ3n) is 3.80. The Hall–Kier alpha value is -2.70. The molecule has 2 N–H and O–H groups in total. The molecular formula is C19H18N2O3S. The van der Waals surface area contributed by atoms with Crippen LogP contribution in [0, 0.1) is 0 Å². The Morgan fingerprint density at radius 1 is 0.880 bits per heavy atom. The van der Waals surface area contributed by atoms with Crippen LogP contribution in [0.25, 0.3) is 10.8 Å². The van der Waals surface area contributed by atoms with Gasteiger partial charge < -0.3 is 5.32 Å². The maximum Gasteiger partial charge on any atom is 0.242 e. The van der Waals surface area contributed by atoms with E-state index in [1.807, 2.05) is 30.3 Å². The maximum atomic E-state index is 12.6. The van der Waals surface area contributed by atoms with Crippen molar-refractivity contribution in [3.05, 3.63) is 72.8 Å². The lowest BCUT2D eigenvalue weighted by Crippen LogP contribution is -2.41. The van der Waals surface area contributed by atoms with Gasteiger partial charge >= 0.3 is 0 Å². The molecule has 3 rings (SSSR count). The second kappa shape index (κ2) is 7.04. The second-order valence-electron chi connectivity index (χ2n) is 5.71. The molecule has 25 heavy (non-hydrogen) atoms. The number of anilines is 1. The highest BCUT2D eigenvalue weighted by molar-refractivity contribution is 7.89. The van der Waals surface area contributed by atoms with Crippen molar-refractivity contribution in [1.82, 2.24) is 4.72 Å². The SMILES string of the molecule is CC(NS(=O)(=O)c1ccc2ccccc2c1)C(=O)Nc1ccccc1. The third-order valence-corrected chi connectivity index (χ3v) is 5.34. The molecule has 0 aromatic heterocycles. The molecule has 0 radical (unpaired) electrons. The predicted octanol–water partition coefficient (Wildman–Crippen LogP) is 3.15. The van der Waals surface area contributed by atoms with Crippen molar-refractivity contribution in [1.29, 1.82) is 0 Å². The summed E-state index contributed by atoms with van der Waals surface area (Å²) in [5, 5.41) is 4.46. The number of sulfonamides is 1. The van der Waals surface area contributed by atoms with Crippen LogP contribution in [0.15, 0.2) is 77.7 Å². The summed E-state index contributed by atoms with van der Waals surface area (Å²) in [6, 6.07) is 20.4. The second-order valence-corrected chi connectivity index (χ2v) is 7.42. The molecule has 0 saturated heterocycles. The lowest BCUT2D eigenvalue weighted by Gasteiger charge is -2.15. The van der Waals surface area contributed by atoms with Crippen LogP contribution in [0.5, 0.6) is 0 Å². The van der Waals surface area contributed by atoms with Crippen molar-refractivity contribution in [3.8, 4) is 0 Å². The number of nitrogens with one attached hydrogen (secondary N) is 2. The number of amides is 1. The number of fused-ring (bicyclic) bond motifs is 1. The van der Waals surface area contributed by atoms with Crippen molar-refractivity contribution in [2.24, 2.45) is 0 Å². The Balaban J connectivity index is 1.76. The molecule has 1 amide bonds. The lowest BCUT2D eigenvalue weighted by molar-refractivity contribution is -0.117. The zero-order chi connectivity index (χ0) is 17.9. The van der Waals surface area contributed by atoms with Gasteiger partial charge in [-0.05, 0) is 42.0 Å². The van der Waals surface area contributed by atoms with Gasteiger partial charge in [0.15, 0.2) is 0 Å². The van der Waals surface area contributed by atoms with E-state index in [9.17, 15) is 13.2 Å². The molecule has 5 nitrogen and oxygen atoms in total. The Bertz CT molecular complexity index is 1000. The smallest absolute Gasteiger partial charge is 0.242 e. The summed E-state index contributed by atoms with van der Waals surface area (Å²) in [6.45, 7) is 1.51. The number of hydrogen-bond donors (Lipinski definition) is 2. The summed E-state index contributed by atoms with van der Waals surface area (Å²) in [4.78, 5) is 12.3. The van der Waals surface area contributed by atoms with E-state index < -0.39 is 22.0 Å². The zero-order valence-corrected chi connectivity index (χ0v) is 14.5. The summed E-state index contributed by atoms with van der Waals surface area (Å²) in [6.07, 6.45) is 0. The van der Waals surface area contributed by atoms with Gasteiger partial charge in [-0.3, -0.25) is 4.79 Å². The van der Waals surface area contributed by atoms with Gasteiger partial charge in [0, 0.05) is 5.69 Å². The molecule has 1 unspecified atom stereocenters. The zero-order valence-electron chi connectivity index (χ0n) is 13.6. The van der Waals surface area contributed by atoms with Crippen molar-refractivity contribution >= 4 is 32.4 Å². The van der Waals surface area contributed by atoms with Gasteiger partial charge in [-0.15, -0.1) is 0 Å². The van der Waals surface area contributed by atoms with Crippen molar-refractivity contribution in [3.63, 3.8) is 0 Å². The molecule has 0 spiro atoms. The molecule has 0 bridgehead atoms. The fourth-order valence-electron chi connectivity index (χ4n) is 2.46. The minimum Gasteiger partial charge on any atom is -0.325 e. The average Bonchev–Trinajstić information content (AvgIpc) is 2.61. The van der Waals surface area contributed by atoms with E-state index in [4.69, 9.17) is 0 Å². The lowest BCUT2D eigenvalue weighted by atomic mass is 10.1. The van der Waals surface area contributed by atoms with Crippen molar-refractivity contribution < 1.29 is 13.2 Å². The molecule has 0 fully saturated rings. The molecule has 6 heteroatoms. The van der Waals surface area contributed by atoms with Crippen LogP contribution in [-0.4, -0.2) is 20.4 Å². The molecule has 0 aliphatic heterocycles. The first-order valence-corrected chi connectivity index (χ1v) is 9.31. The number of carbonyl (C=O) groups is 1. The number of rotatable bonds is 5. The van der Waals surface area contributed by atoms with Crippen molar-refractivity contribution in [2.45, 2.75) is 17.9 Å². The van der Waals surface area contributed by atoms with E-state index in [0.29, 0.717) is 5.69 Å². The average molecular weight is 354 g/mol. The van der Waals surface area contributed by atoms with Crippen LogP contribution >= 0.6 is 0 Å². The van der Waals surface area contributed by atoms with Gasteiger partial charge in [-0.1, -0.05) is 48.5 Å². The monoisotopic (exact) mass is 354 g/mol. The number of carbonyl (C=O) groups excluding carboxylic acids is 1. The van der Waals surface area contributed by atoms with Crippen LogP contribution in [0.2, 0.25) is 0 Å². The standard InChI is InChI=1S/C19H18N2O3S/c1-14(19(22)20-17-9-3-2-4-10-17)21-25(23,24)18-12-11-15-7-5-6-8-16(15)13-18/h2-14,21H,1H3,(H,20,22). The summed E-state index contributed by atoms with van der Waals surface area (Å²) in [5.41, 5.74) is 0.615. The van der Waals surface area contributed by atoms with E-state index in [2.05, 4.69) is 10.0 Å². The van der Waals surface area contributed by atoms with Gasteiger partial charge in [0.2, 0.25) is 15.9 Å². The summed E-state index contributed by atoms with van der Waals surface area (Å²) < 4.78 is 27.5. The molecule has 128 valence electrons. The quantitative estimate of drug-likeness (QED) is 0.739. The van der Waals surface area contributed by atoms with E-state index in [1.165, 1.54) is 13.0 Å². The first kappa shape index (κ1) is 17.1. The fraction of sp³-hybridized carbons (Fsp3) is 0.105. The van der Waals surface area contributed by atoms with Crippen molar-refractivity contribution in [2.75, 3.05) is 5.32 Å². The Morgan fingerprint density at radius 2 is 1.52 bits per heavy atom. The summed E-state index contributed by atoms with van der Waals surface area (Å²) in [7, 11) is -3.80. The van der Waals surface area contributed by atoms with E-state index in [-0.39, 0.29) is 4.90 Å². The Kier molecular flexibility index (Phi) is 4.83. The van der Waals surface area contributed by atoms with Crippen LogP contribution in [-0.2, 0) is 14.8 Å².